The highest BCUT2D eigenvalue weighted by Crippen LogP contribution is 2.66. The van der Waals surface area contributed by atoms with Gasteiger partial charge in [-0.05, 0) is 37.5 Å². The molecule has 2 rings (SSSR count). The van der Waals surface area contributed by atoms with E-state index in [-0.39, 0.29) is 23.1 Å². The van der Waals surface area contributed by atoms with E-state index in [1.54, 1.807) is 0 Å². The number of esters is 1. The van der Waals surface area contributed by atoms with Gasteiger partial charge in [-0.25, -0.2) is 9.59 Å². The summed E-state index contributed by atoms with van der Waals surface area (Å²) >= 11 is 0. The zero-order valence-corrected chi connectivity index (χ0v) is 13.4. The molecule has 118 valence electrons. The fourth-order valence-electron chi connectivity index (χ4n) is 3.50. The lowest BCUT2D eigenvalue weighted by molar-refractivity contribution is -0.150. The highest BCUT2D eigenvalue weighted by molar-refractivity contribution is 5.84. The molecule has 21 heavy (non-hydrogen) atoms. The third-order valence-electron chi connectivity index (χ3n) is 5.50. The van der Waals surface area contributed by atoms with Crippen molar-refractivity contribution in [1.82, 2.24) is 0 Å². The monoisotopic (exact) mass is 294 g/mol. The molecule has 0 aromatic carbocycles. The maximum atomic E-state index is 11.3. The lowest BCUT2D eigenvalue weighted by atomic mass is 9.70. The van der Waals surface area contributed by atoms with Gasteiger partial charge in [-0.3, -0.25) is 0 Å². The molecule has 2 saturated carbocycles. The summed E-state index contributed by atoms with van der Waals surface area (Å²) in [6, 6.07) is 0. The minimum absolute atomic E-state index is 0.0942. The second-order valence-electron chi connectivity index (χ2n) is 6.83. The number of carbonyl (C=O) groups is 2. The molecule has 0 aromatic heterocycles. The third-order valence-corrected chi connectivity index (χ3v) is 5.50. The van der Waals surface area contributed by atoms with Crippen molar-refractivity contribution in [3.05, 3.63) is 24.8 Å². The van der Waals surface area contributed by atoms with Gasteiger partial charge in [0.05, 0.1) is 0 Å². The topological polar surface area (TPSA) is 63.6 Å². The fraction of sp³-hybridized carbons (Fsp3) is 0.647. The van der Waals surface area contributed by atoms with Crippen molar-refractivity contribution in [1.29, 1.82) is 0 Å². The van der Waals surface area contributed by atoms with Crippen LogP contribution < -0.4 is 0 Å². The predicted molar refractivity (Wildman–Crippen MR) is 81.8 cm³/mol. The molecule has 2 aliphatic rings. The summed E-state index contributed by atoms with van der Waals surface area (Å²) in [5.74, 6) is -0.496. The van der Waals surface area contributed by atoms with E-state index in [9.17, 15) is 9.59 Å². The third kappa shape index (κ3) is 3.20. The van der Waals surface area contributed by atoms with E-state index in [1.807, 2.05) is 0 Å². The molecule has 0 aliphatic heterocycles. The first kappa shape index (κ1) is 17.5. The van der Waals surface area contributed by atoms with Gasteiger partial charge in [-0.2, -0.15) is 0 Å². The summed E-state index contributed by atoms with van der Waals surface area (Å²) < 4.78 is 5.48. The van der Waals surface area contributed by atoms with Gasteiger partial charge in [0.15, 0.2) is 0 Å². The quantitative estimate of drug-likeness (QED) is 0.638. The van der Waals surface area contributed by atoms with Gasteiger partial charge in [0, 0.05) is 17.1 Å². The fourth-order valence-corrected chi connectivity index (χ4v) is 3.50. The maximum Gasteiger partial charge on any atom is 0.330 e. The predicted octanol–water partition coefficient (Wildman–Crippen LogP) is 3.58. The Hall–Kier alpha value is -1.58. The maximum absolute atomic E-state index is 11.3. The second kappa shape index (κ2) is 6.04. The van der Waals surface area contributed by atoms with Gasteiger partial charge < -0.3 is 9.84 Å². The molecule has 4 nitrogen and oxygen atoms in total. The zero-order chi connectivity index (χ0) is 16.4. The number of rotatable bonds is 3. The van der Waals surface area contributed by atoms with Crippen molar-refractivity contribution in [3.63, 3.8) is 0 Å². The van der Waals surface area contributed by atoms with Crippen LogP contribution in [-0.4, -0.2) is 23.1 Å². The van der Waals surface area contributed by atoms with Crippen LogP contribution in [0.4, 0.5) is 0 Å². The number of hydrogen-bond donors (Lipinski definition) is 1. The van der Waals surface area contributed by atoms with Gasteiger partial charge in [0.1, 0.15) is 6.10 Å². The molecule has 3 unspecified atom stereocenters. The minimum atomic E-state index is -0.935. The van der Waals surface area contributed by atoms with E-state index >= 15 is 0 Å². The molecule has 0 saturated heterocycles. The van der Waals surface area contributed by atoms with Crippen LogP contribution in [0.15, 0.2) is 24.8 Å². The summed E-state index contributed by atoms with van der Waals surface area (Å²) in [6.07, 6.45) is 4.85. The smallest absolute Gasteiger partial charge is 0.330 e. The summed E-state index contributed by atoms with van der Waals surface area (Å²) in [7, 11) is 0. The normalized spacial score (nSPS) is 31.8. The summed E-state index contributed by atoms with van der Waals surface area (Å²) in [5, 5.41) is 7.89. The minimum Gasteiger partial charge on any atom is -0.478 e. The Morgan fingerprint density at radius 2 is 1.86 bits per heavy atom. The lowest BCUT2D eigenvalue weighted by Crippen LogP contribution is -2.38. The molecule has 0 aromatic rings. The second-order valence-corrected chi connectivity index (χ2v) is 6.83. The molecule has 0 heterocycles. The van der Waals surface area contributed by atoms with E-state index in [4.69, 9.17) is 9.84 Å². The molecule has 1 N–H and O–H groups in total. The van der Waals surface area contributed by atoms with Crippen molar-refractivity contribution in [2.24, 2.45) is 16.7 Å². The van der Waals surface area contributed by atoms with Crippen molar-refractivity contribution in [3.8, 4) is 0 Å². The number of hydrogen-bond acceptors (Lipinski definition) is 3. The first-order valence-corrected chi connectivity index (χ1v) is 7.28. The van der Waals surface area contributed by atoms with Crippen molar-refractivity contribution >= 4 is 11.9 Å². The van der Waals surface area contributed by atoms with Crippen LogP contribution in [-0.2, 0) is 14.3 Å². The lowest BCUT2D eigenvalue weighted by Gasteiger charge is -2.38. The largest absolute Gasteiger partial charge is 0.478 e. The van der Waals surface area contributed by atoms with Crippen LogP contribution in [0, 0.1) is 16.7 Å². The highest BCUT2D eigenvalue weighted by Gasteiger charge is 2.62. The van der Waals surface area contributed by atoms with Crippen LogP contribution in [0.25, 0.3) is 0 Å². The number of aliphatic carboxylic acids is 1. The highest BCUT2D eigenvalue weighted by atomic mass is 16.5. The standard InChI is InChI=1S/C13H20O2.C4H6O2/c1-5-11(14)15-10-8-9-6-7-13(10,4)12(9,2)3;1-3(2)4(5)6/h5,9-10H,1,6-8H2,2-4H3;1H2,2H3,(H,5,6). The van der Waals surface area contributed by atoms with Crippen LogP contribution in [0.1, 0.15) is 47.0 Å². The SMILES string of the molecule is C=C(C)C(=O)O.C=CC(=O)OC1CC2CCC1(C)C2(C)C. The van der Waals surface area contributed by atoms with Crippen molar-refractivity contribution in [2.75, 3.05) is 0 Å². The Kier molecular flexibility index (Phi) is 5.03. The van der Waals surface area contributed by atoms with Gasteiger partial charge in [0.25, 0.3) is 0 Å². The van der Waals surface area contributed by atoms with Crippen LogP contribution in [0.3, 0.4) is 0 Å². The number of carbonyl (C=O) groups excluding carboxylic acids is 1. The molecular weight excluding hydrogens is 268 g/mol. The number of ether oxygens (including phenoxy) is 1. The Balaban J connectivity index is 0.000000315. The molecule has 2 bridgehead atoms. The average molecular weight is 294 g/mol. The number of fused-ring (bicyclic) bond motifs is 2. The van der Waals surface area contributed by atoms with Crippen LogP contribution in [0.5, 0.6) is 0 Å². The van der Waals surface area contributed by atoms with E-state index in [0.717, 1.165) is 6.42 Å². The van der Waals surface area contributed by atoms with Crippen molar-refractivity contribution < 1.29 is 19.4 Å². The van der Waals surface area contributed by atoms with E-state index < -0.39 is 5.97 Å². The Morgan fingerprint density at radius 3 is 2.14 bits per heavy atom. The van der Waals surface area contributed by atoms with E-state index in [0.29, 0.717) is 11.3 Å². The molecule has 3 atom stereocenters. The van der Waals surface area contributed by atoms with Gasteiger partial charge >= 0.3 is 11.9 Å². The molecular formula is C17H26O4. The van der Waals surface area contributed by atoms with Gasteiger partial charge in [0.2, 0.25) is 0 Å². The Bertz CT molecular complexity index is 451. The summed E-state index contributed by atoms with van der Waals surface area (Å²) in [4.78, 5) is 20.9. The van der Waals surface area contributed by atoms with E-state index in [1.165, 1.54) is 25.8 Å². The molecule has 0 radical (unpaired) electrons. The zero-order valence-electron chi connectivity index (χ0n) is 13.4. The Morgan fingerprint density at radius 1 is 1.33 bits per heavy atom. The van der Waals surface area contributed by atoms with Gasteiger partial charge in [-0.1, -0.05) is 33.9 Å². The molecule has 2 fully saturated rings. The average Bonchev–Trinajstić information content (AvgIpc) is 2.72. The molecule has 0 amide bonds. The summed E-state index contributed by atoms with van der Waals surface area (Å²) in [5.41, 5.74) is 0.644. The Labute approximate surface area is 126 Å². The number of carboxylic acids is 1. The molecule has 4 heteroatoms. The number of carboxylic acid groups (broad SMARTS) is 1. The van der Waals surface area contributed by atoms with Gasteiger partial charge in [-0.15, -0.1) is 0 Å². The molecule has 0 spiro atoms. The van der Waals surface area contributed by atoms with Crippen LogP contribution in [0.2, 0.25) is 0 Å². The first-order valence-electron chi connectivity index (χ1n) is 7.28. The summed E-state index contributed by atoms with van der Waals surface area (Å²) in [6.45, 7) is 14.9. The van der Waals surface area contributed by atoms with Crippen molar-refractivity contribution in [2.45, 2.75) is 53.1 Å². The van der Waals surface area contributed by atoms with Crippen LogP contribution >= 0.6 is 0 Å². The van der Waals surface area contributed by atoms with E-state index in [2.05, 4.69) is 33.9 Å². The molecule has 2 aliphatic carbocycles. The first-order chi connectivity index (χ1) is 9.56.